The normalized spacial score (nSPS) is 9.83. The zero-order valence-electron chi connectivity index (χ0n) is 13.5. The minimum atomic E-state index is -0.405. The third-order valence-corrected chi connectivity index (χ3v) is 3.08. The second kappa shape index (κ2) is 9.40. The van der Waals surface area contributed by atoms with Crippen LogP contribution < -0.4 is 10.2 Å². The summed E-state index contributed by atoms with van der Waals surface area (Å²) in [5.41, 5.74) is 1.05. The highest BCUT2D eigenvalue weighted by atomic mass is 16.5. The maximum absolute atomic E-state index is 11.8. The van der Waals surface area contributed by atoms with Crippen molar-refractivity contribution in [2.45, 2.75) is 20.3 Å². The molecule has 6 heteroatoms. The summed E-state index contributed by atoms with van der Waals surface area (Å²) in [6, 6.07) is 6.52. The van der Waals surface area contributed by atoms with Crippen LogP contribution in [0.15, 0.2) is 36.9 Å². The largest absolute Gasteiger partial charge is 0.462 e. The number of carbonyl (C=O) groups excluding carboxylic acids is 3. The van der Waals surface area contributed by atoms with Gasteiger partial charge in [-0.05, 0) is 31.2 Å². The van der Waals surface area contributed by atoms with E-state index in [0.717, 1.165) is 0 Å². The lowest BCUT2D eigenvalue weighted by Gasteiger charge is -2.21. The van der Waals surface area contributed by atoms with Crippen molar-refractivity contribution in [3.8, 4) is 0 Å². The van der Waals surface area contributed by atoms with Gasteiger partial charge in [-0.1, -0.05) is 6.08 Å². The molecular formula is C17H22N2O4. The summed E-state index contributed by atoms with van der Waals surface area (Å²) < 4.78 is 4.91. The SMILES string of the molecule is C=CCNC(=O)CCN(C(C)=O)c1ccc(C(=O)OCC)cc1. The van der Waals surface area contributed by atoms with Gasteiger partial charge in [0, 0.05) is 32.1 Å². The molecule has 1 aromatic rings. The monoisotopic (exact) mass is 318 g/mol. The fourth-order valence-electron chi connectivity index (χ4n) is 1.95. The molecule has 0 saturated carbocycles. The Labute approximate surface area is 136 Å². The van der Waals surface area contributed by atoms with Gasteiger partial charge < -0.3 is 15.0 Å². The number of esters is 1. The number of carbonyl (C=O) groups is 3. The van der Waals surface area contributed by atoms with Crippen LogP contribution in [0, 0.1) is 0 Å². The van der Waals surface area contributed by atoms with Gasteiger partial charge in [0.2, 0.25) is 11.8 Å². The molecule has 0 aliphatic carbocycles. The smallest absolute Gasteiger partial charge is 0.338 e. The Balaban J connectivity index is 2.74. The molecule has 1 aromatic carbocycles. The molecule has 23 heavy (non-hydrogen) atoms. The molecule has 1 N–H and O–H groups in total. The second-order valence-electron chi connectivity index (χ2n) is 4.78. The van der Waals surface area contributed by atoms with Gasteiger partial charge in [0.05, 0.1) is 12.2 Å². The number of hydrogen-bond acceptors (Lipinski definition) is 4. The van der Waals surface area contributed by atoms with E-state index in [1.54, 1.807) is 37.3 Å². The van der Waals surface area contributed by atoms with Crippen molar-refractivity contribution in [2.24, 2.45) is 0 Å². The van der Waals surface area contributed by atoms with Gasteiger partial charge in [-0.25, -0.2) is 4.79 Å². The number of nitrogens with one attached hydrogen (secondary N) is 1. The van der Waals surface area contributed by atoms with E-state index in [2.05, 4.69) is 11.9 Å². The van der Waals surface area contributed by atoms with E-state index >= 15 is 0 Å². The van der Waals surface area contributed by atoms with Crippen LogP contribution in [0.25, 0.3) is 0 Å². The lowest BCUT2D eigenvalue weighted by atomic mass is 10.2. The van der Waals surface area contributed by atoms with Crippen LogP contribution in [0.4, 0.5) is 5.69 Å². The van der Waals surface area contributed by atoms with Crippen LogP contribution in [-0.4, -0.2) is 37.5 Å². The summed E-state index contributed by atoms with van der Waals surface area (Å²) in [7, 11) is 0. The molecule has 0 aliphatic heterocycles. The first-order valence-electron chi connectivity index (χ1n) is 7.42. The third-order valence-electron chi connectivity index (χ3n) is 3.08. The van der Waals surface area contributed by atoms with Crippen LogP contribution in [0.3, 0.4) is 0 Å². The van der Waals surface area contributed by atoms with E-state index in [0.29, 0.717) is 24.4 Å². The minimum Gasteiger partial charge on any atom is -0.462 e. The van der Waals surface area contributed by atoms with Gasteiger partial charge in [0.1, 0.15) is 0 Å². The molecule has 0 bridgehead atoms. The average Bonchev–Trinajstić information content (AvgIpc) is 2.53. The van der Waals surface area contributed by atoms with Crippen molar-refractivity contribution in [3.05, 3.63) is 42.5 Å². The molecule has 0 aliphatic rings. The molecule has 2 amide bonds. The van der Waals surface area contributed by atoms with Crippen molar-refractivity contribution in [2.75, 3.05) is 24.6 Å². The predicted octanol–water partition coefficient (Wildman–Crippen LogP) is 1.91. The summed E-state index contributed by atoms with van der Waals surface area (Å²) in [4.78, 5) is 36.5. The lowest BCUT2D eigenvalue weighted by Crippen LogP contribution is -2.33. The molecule has 0 heterocycles. The lowest BCUT2D eigenvalue weighted by molar-refractivity contribution is -0.120. The van der Waals surface area contributed by atoms with Crippen LogP contribution >= 0.6 is 0 Å². The highest BCUT2D eigenvalue weighted by Crippen LogP contribution is 2.16. The van der Waals surface area contributed by atoms with Crippen molar-refractivity contribution in [1.29, 1.82) is 0 Å². The Morgan fingerprint density at radius 1 is 1.26 bits per heavy atom. The van der Waals surface area contributed by atoms with Crippen LogP contribution in [0.1, 0.15) is 30.6 Å². The average molecular weight is 318 g/mol. The van der Waals surface area contributed by atoms with Crippen molar-refractivity contribution in [1.82, 2.24) is 5.32 Å². The molecule has 0 saturated heterocycles. The van der Waals surface area contributed by atoms with Gasteiger partial charge in [0.15, 0.2) is 0 Å². The number of amides is 2. The summed E-state index contributed by atoms with van der Waals surface area (Å²) in [5.74, 6) is -0.734. The van der Waals surface area contributed by atoms with Gasteiger partial charge in [0.25, 0.3) is 0 Å². The number of anilines is 1. The Bertz CT molecular complexity index is 566. The molecule has 0 atom stereocenters. The zero-order chi connectivity index (χ0) is 17.2. The number of rotatable bonds is 8. The molecule has 1 rings (SSSR count). The molecule has 0 fully saturated rings. The van der Waals surface area contributed by atoms with Gasteiger partial charge >= 0.3 is 5.97 Å². The van der Waals surface area contributed by atoms with E-state index in [1.165, 1.54) is 11.8 Å². The standard InChI is InChI=1S/C17H22N2O4/c1-4-11-18-16(21)10-12-19(13(3)20)15-8-6-14(7-9-15)17(22)23-5-2/h4,6-9H,1,5,10-12H2,2-3H3,(H,18,21). The third kappa shape index (κ3) is 5.94. The molecule has 0 unspecified atom stereocenters. The summed E-state index contributed by atoms with van der Waals surface area (Å²) in [6.45, 7) is 7.65. The van der Waals surface area contributed by atoms with Crippen LogP contribution in [-0.2, 0) is 14.3 Å². The van der Waals surface area contributed by atoms with E-state index < -0.39 is 5.97 Å². The fraction of sp³-hybridized carbons (Fsp3) is 0.353. The molecule has 0 spiro atoms. The number of ether oxygens (including phenoxy) is 1. The summed E-state index contributed by atoms with van der Waals surface area (Å²) in [6.07, 6.45) is 1.78. The maximum atomic E-state index is 11.8. The van der Waals surface area contributed by atoms with Crippen molar-refractivity contribution in [3.63, 3.8) is 0 Å². The molecule has 6 nitrogen and oxygen atoms in total. The summed E-state index contributed by atoms with van der Waals surface area (Å²) in [5, 5.41) is 2.66. The Morgan fingerprint density at radius 3 is 2.43 bits per heavy atom. The van der Waals surface area contributed by atoms with Crippen molar-refractivity contribution < 1.29 is 19.1 Å². The minimum absolute atomic E-state index is 0.153. The Kier molecular flexibility index (Phi) is 7.53. The first-order chi connectivity index (χ1) is 11.0. The van der Waals surface area contributed by atoms with Crippen LogP contribution in [0.5, 0.6) is 0 Å². The van der Waals surface area contributed by atoms with Gasteiger partial charge in [-0.15, -0.1) is 6.58 Å². The first-order valence-corrected chi connectivity index (χ1v) is 7.42. The second-order valence-corrected chi connectivity index (χ2v) is 4.78. The van der Waals surface area contributed by atoms with E-state index in [1.807, 2.05) is 0 Å². The molecule has 0 aromatic heterocycles. The van der Waals surface area contributed by atoms with Gasteiger partial charge in [-0.3, -0.25) is 9.59 Å². The van der Waals surface area contributed by atoms with E-state index in [4.69, 9.17) is 4.74 Å². The Morgan fingerprint density at radius 2 is 1.91 bits per heavy atom. The summed E-state index contributed by atoms with van der Waals surface area (Å²) >= 11 is 0. The molecule has 124 valence electrons. The van der Waals surface area contributed by atoms with Crippen LogP contribution in [0.2, 0.25) is 0 Å². The van der Waals surface area contributed by atoms with E-state index in [9.17, 15) is 14.4 Å². The number of hydrogen-bond donors (Lipinski definition) is 1. The molecular weight excluding hydrogens is 296 g/mol. The maximum Gasteiger partial charge on any atom is 0.338 e. The quantitative estimate of drug-likeness (QED) is 0.587. The Hall–Kier alpha value is -2.63. The van der Waals surface area contributed by atoms with Gasteiger partial charge in [-0.2, -0.15) is 0 Å². The highest BCUT2D eigenvalue weighted by molar-refractivity contribution is 5.94. The highest BCUT2D eigenvalue weighted by Gasteiger charge is 2.14. The predicted molar refractivity (Wildman–Crippen MR) is 88.2 cm³/mol. The number of nitrogens with zero attached hydrogens (tertiary/aromatic N) is 1. The number of benzene rings is 1. The van der Waals surface area contributed by atoms with Crippen molar-refractivity contribution >= 4 is 23.5 Å². The zero-order valence-corrected chi connectivity index (χ0v) is 13.5. The molecule has 0 radical (unpaired) electrons. The topological polar surface area (TPSA) is 75.7 Å². The first kappa shape index (κ1) is 18.4. The fourth-order valence-corrected chi connectivity index (χ4v) is 1.95. The van der Waals surface area contributed by atoms with E-state index in [-0.39, 0.29) is 24.8 Å².